The lowest BCUT2D eigenvalue weighted by atomic mass is 10.2. The number of thiocarbonyl (C=S) groups is 1. The summed E-state index contributed by atoms with van der Waals surface area (Å²) in [6.45, 7) is 7.18. The van der Waals surface area contributed by atoms with Crippen LogP contribution in [0.1, 0.15) is 26.3 Å². The zero-order valence-corrected chi connectivity index (χ0v) is 18.1. The van der Waals surface area contributed by atoms with E-state index in [9.17, 15) is 8.42 Å². The van der Waals surface area contributed by atoms with Crippen molar-refractivity contribution in [3.05, 3.63) is 54.1 Å². The minimum Gasteiger partial charge on any atom is -0.492 e. The molecule has 0 aliphatic heterocycles. The van der Waals surface area contributed by atoms with E-state index < -0.39 is 10.0 Å². The van der Waals surface area contributed by atoms with Crippen LogP contribution < -0.4 is 15.4 Å². The van der Waals surface area contributed by atoms with E-state index in [4.69, 9.17) is 17.0 Å². The summed E-state index contributed by atoms with van der Waals surface area (Å²) < 4.78 is 33.0. The first-order valence-corrected chi connectivity index (χ1v) is 11.1. The van der Waals surface area contributed by atoms with Gasteiger partial charge in [-0.25, -0.2) is 8.42 Å². The van der Waals surface area contributed by atoms with Gasteiger partial charge in [0.15, 0.2) is 5.11 Å². The van der Waals surface area contributed by atoms with Crippen molar-refractivity contribution < 1.29 is 13.2 Å². The number of hydrogen-bond donors (Lipinski definition) is 2. The molecule has 2 aromatic rings. The first-order chi connectivity index (χ1) is 13.4. The molecule has 0 spiro atoms. The fourth-order valence-corrected chi connectivity index (χ4v) is 4.52. The van der Waals surface area contributed by atoms with Crippen LogP contribution in [0.4, 0.5) is 5.69 Å². The van der Waals surface area contributed by atoms with E-state index in [1.54, 1.807) is 18.2 Å². The first-order valence-electron chi connectivity index (χ1n) is 9.28. The first kappa shape index (κ1) is 22.1. The van der Waals surface area contributed by atoms with Crippen LogP contribution in [0.25, 0.3) is 0 Å². The summed E-state index contributed by atoms with van der Waals surface area (Å²) in [6.07, 6.45) is 0. The van der Waals surface area contributed by atoms with Gasteiger partial charge >= 0.3 is 0 Å². The highest BCUT2D eigenvalue weighted by Crippen LogP contribution is 2.30. The molecule has 0 saturated heterocycles. The molecule has 2 aromatic carbocycles. The number of benzene rings is 2. The number of sulfonamides is 1. The van der Waals surface area contributed by atoms with Gasteiger partial charge in [0.25, 0.3) is 0 Å². The van der Waals surface area contributed by atoms with Crippen molar-refractivity contribution in [1.82, 2.24) is 9.62 Å². The monoisotopic (exact) mass is 421 g/mol. The molecular weight excluding hydrogens is 394 g/mol. The van der Waals surface area contributed by atoms with Gasteiger partial charge in [-0.05, 0) is 42.9 Å². The molecule has 28 heavy (non-hydrogen) atoms. The Morgan fingerprint density at radius 1 is 1.07 bits per heavy atom. The molecular formula is C20H27N3O3S2. The third kappa shape index (κ3) is 5.67. The number of rotatable bonds is 9. The van der Waals surface area contributed by atoms with Gasteiger partial charge in [-0.15, -0.1) is 0 Å². The van der Waals surface area contributed by atoms with Crippen molar-refractivity contribution >= 4 is 33.0 Å². The molecule has 0 amide bonds. The van der Waals surface area contributed by atoms with Gasteiger partial charge in [0, 0.05) is 25.3 Å². The summed E-state index contributed by atoms with van der Waals surface area (Å²) in [7, 11) is -3.66. The molecule has 2 N–H and O–H groups in total. The predicted octanol–water partition coefficient (Wildman–Crippen LogP) is 3.60. The second-order valence-electron chi connectivity index (χ2n) is 5.98. The molecule has 0 aliphatic carbocycles. The van der Waals surface area contributed by atoms with E-state index in [-0.39, 0.29) is 4.90 Å². The average molecular weight is 422 g/mol. The van der Waals surface area contributed by atoms with E-state index in [0.717, 1.165) is 5.56 Å². The molecule has 2 rings (SSSR count). The normalized spacial score (nSPS) is 11.3. The third-order valence-corrected chi connectivity index (χ3v) is 6.44. The van der Waals surface area contributed by atoms with Gasteiger partial charge in [0.1, 0.15) is 10.6 Å². The predicted molar refractivity (Wildman–Crippen MR) is 117 cm³/mol. The Morgan fingerprint density at radius 3 is 2.36 bits per heavy atom. The van der Waals surface area contributed by atoms with Gasteiger partial charge in [0.05, 0.1) is 6.61 Å². The van der Waals surface area contributed by atoms with Gasteiger partial charge in [0.2, 0.25) is 10.0 Å². The molecule has 0 unspecified atom stereocenters. The molecule has 152 valence electrons. The number of anilines is 1. The van der Waals surface area contributed by atoms with Gasteiger partial charge in [-0.3, -0.25) is 0 Å². The quantitative estimate of drug-likeness (QED) is 0.603. The van der Waals surface area contributed by atoms with Crippen molar-refractivity contribution in [2.75, 3.05) is 25.0 Å². The molecule has 8 heteroatoms. The molecule has 0 atom stereocenters. The fraction of sp³-hybridized carbons (Fsp3) is 0.350. The number of nitrogens with zero attached hydrogens (tertiary/aromatic N) is 1. The lowest BCUT2D eigenvalue weighted by Crippen LogP contribution is -2.31. The highest BCUT2D eigenvalue weighted by atomic mass is 32.2. The van der Waals surface area contributed by atoms with Crippen LogP contribution in [0.3, 0.4) is 0 Å². The minimum atomic E-state index is -3.66. The van der Waals surface area contributed by atoms with Crippen molar-refractivity contribution in [3.63, 3.8) is 0 Å². The molecule has 6 nitrogen and oxygen atoms in total. The van der Waals surface area contributed by atoms with Crippen LogP contribution in [0.15, 0.2) is 53.4 Å². The highest BCUT2D eigenvalue weighted by Gasteiger charge is 2.26. The zero-order chi connectivity index (χ0) is 20.6. The topological polar surface area (TPSA) is 70.7 Å². The second-order valence-corrected chi connectivity index (χ2v) is 8.29. The smallest absolute Gasteiger partial charge is 0.246 e. The molecule has 0 heterocycles. The van der Waals surface area contributed by atoms with Crippen LogP contribution >= 0.6 is 12.2 Å². The summed E-state index contributed by atoms with van der Waals surface area (Å²) in [5, 5.41) is 6.59. The van der Waals surface area contributed by atoms with Crippen LogP contribution in [0.2, 0.25) is 0 Å². The fourth-order valence-electron chi connectivity index (χ4n) is 2.72. The van der Waals surface area contributed by atoms with Crippen LogP contribution in [-0.4, -0.2) is 37.5 Å². The van der Waals surface area contributed by atoms with E-state index >= 15 is 0 Å². The maximum Gasteiger partial charge on any atom is 0.246 e. The zero-order valence-electron chi connectivity index (χ0n) is 16.4. The molecule has 0 fully saturated rings. The molecule has 0 saturated carbocycles. The van der Waals surface area contributed by atoms with Crippen molar-refractivity contribution in [3.8, 4) is 5.75 Å². The maximum absolute atomic E-state index is 13.0. The largest absolute Gasteiger partial charge is 0.492 e. The summed E-state index contributed by atoms with van der Waals surface area (Å²) >= 11 is 5.34. The Morgan fingerprint density at radius 2 is 1.75 bits per heavy atom. The summed E-state index contributed by atoms with van der Waals surface area (Å²) in [5.41, 5.74) is 1.68. The molecule has 0 aromatic heterocycles. The van der Waals surface area contributed by atoms with Crippen LogP contribution in [0, 0.1) is 0 Å². The van der Waals surface area contributed by atoms with E-state index in [2.05, 4.69) is 10.6 Å². The minimum absolute atomic E-state index is 0.133. The molecule has 0 aliphatic rings. The van der Waals surface area contributed by atoms with Crippen LogP contribution in [-0.2, 0) is 16.6 Å². The lowest BCUT2D eigenvalue weighted by Gasteiger charge is -2.21. The highest BCUT2D eigenvalue weighted by molar-refractivity contribution is 7.89. The molecule has 0 bridgehead atoms. The van der Waals surface area contributed by atoms with E-state index in [1.807, 2.05) is 51.1 Å². The van der Waals surface area contributed by atoms with E-state index in [0.29, 0.717) is 42.8 Å². The Hall–Kier alpha value is -2.16. The third-order valence-electron chi connectivity index (χ3n) is 4.12. The van der Waals surface area contributed by atoms with E-state index in [1.165, 1.54) is 4.31 Å². The van der Waals surface area contributed by atoms with Crippen molar-refractivity contribution in [2.24, 2.45) is 0 Å². The second kappa shape index (κ2) is 10.4. The van der Waals surface area contributed by atoms with Crippen LogP contribution in [0.5, 0.6) is 5.75 Å². The maximum atomic E-state index is 13.0. The van der Waals surface area contributed by atoms with Crippen molar-refractivity contribution in [1.29, 1.82) is 0 Å². The number of ether oxygens (including phenoxy) is 1. The van der Waals surface area contributed by atoms with Gasteiger partial charge < -0.3 is 15.4 Å². The van der Waals surface area contributed by atoms with Crippen molar-refractivity contribution in [2.45, 2.75) is 32.2 Å². The summed E-state index contributed by atoms with van der Waals surface area (Å²) in [6, 6.07) is 14.9. The Balaban J connectivity index is 2.20. The van der Waals surface area contributed by atoms with Gasteiger partial charge in [-0.2, -0.15) is 4.31 Å². The summed E-state index contributed by atoms with van der Waals surface area (Å²) in [4.78, 5) is 0.133. The lowest BCUT2D eigenvalue weighted by molar-refractivity contribution is 0.329. The Labute approximate surface area is 173 Å². The SMILES string of the molecule is CCOc1ccc(NC(=S)NCc2ccccc2)cc1S(=O)(=O)N(CC)CC. The standard InChI is InChI=1S/C20H27N3O3S2/c1-4-23(5-2)28(24,25)19-14-17(12-13-18(19)26-6-3)22-20(27)21-15-16-10-8-7-9-11-16/h7-14H,4-6,15H2,1-3H3,(H2,21,22,27). The Bertz CT molecular complexity index is 883. The Kier molecular flexibility index (Phi) is 8.22. The summed E-state index contributed by atoms with van der Waals surface area (Å²) in [5.74, 6) is 0.336. The number of nitrogens with one attached hydrogen (secondary N) is 2. The van der Waals surface area contributed by atoms with Gasteiger partial charge in [-0.1, -0.05) is 44.2 Å². The average Bonchev–Trinajstić information content (AvgIpc) is 2.69. The number of hydrogen-bond acceptors (Lipinski definition) is 4. The molecule has 0 radical (unpaired) electrons.